The van der Waals surface area contributed by atoms with Crippen LogP contribution in [-0.2, 0) is 6.42 Å². The van der Waals surface area contributed by atoms with Gasteiger partial charge in [0.25, 0.3) is 0 Å². The first kappa shape index (κ1) is 16.5. The molecule has 0 bridgehead atoms. The quantitative estimate of drug-likeness (QED) is 0.859. The molecule has 1 aliphatic carbocycles. The van der Waals surface area contributed by atoms with Gasteiger partial charge in [0, 0.05) is 12.3 Å². The maximum atomic E-state index is 5.66. The monoisotopic (exact) mass is 293 g/mol. The second kappa shape index (κ2) is 6.47. The van der Waals surface area contributed by atoms with Gasteiger partial charge in [-0.3, -0.25) is 0 Å². The van der Waals surface area contributed by atoms with E-state index in [9.17, 15) is 0 Å². The van der Waals surface area contributed by atoms with Crippen molar-refractivity contribution in [3.05, 3.63) is 11.7 Å². The molecule has 2 N–H and O–H groups in total. The number of rotatable bonds is 6. The highest BCUT2D eigenvalue weighted by Gasteiger charge is 2.30. The summed E-state index contributed by atoms with van der Waals surface area (Å²) in [4.78, 5) is 4.64. The van der Waals surface area contributed by atoms with Crippen molar-refractivity contribution in [1.82, 2.24) is 10.1 Å². The van der Waals surface area contributed by atoms with Crippen LogP contribution in [0.5, 0.6) is 0 Å². The molecule has 0 atom stereocenters. The maximum absolute atomic E-state index is 5.66. The Labute approximate surface area is 128 Å². The van der Waals surface area contributed by atoms with Crippen molar-refractivity contribution in [2.75, 3.05) is 6.54 Å². The topological polar surface area (TPSA) is 64.9 Å². The average Bonchev–Trinajstić information content (AvgIpc) is 2.85. The summed E-state index contributed by atoms with van der Waals surface area (Å²) in [6.07, 6.45) is 7.82. The molecular weight excluding hydrogens is 262 g/mol. The average molecular weight is 293 g/mol. The van der Waals surface area contributed by atoms with Gasteiger partial charge in [-0.1, -0.05) is 32.9 Å². The highest BCUT2D eigenvalue weighted by molar-refractivity contribution is 4.99. The zero-order valence-electron chi connectivity index (χ0n) is 14.1. The summed E-state index contributed by atoms with van der Waals surface area (Å²) in [7, 11) is 0. The highest BCUT2D eigenvalue weighted by Crippen LogP contribution is 2.41. The summed E-state index contributed by atoms with van der Waals surface area (Å²) in [5.41, 5.74) is 6.39. The molecule has 0 aromatic carbocycles. The van der Waals surface area contributed by atoms with Crippen molar-refractivity contribution in [2.24, 2.45) is 16.6 Å². The van der Waals surface area contributed by atoms with Crippen molar-refractivity contribution in [3.8, 4) is 0 Å². The van der Waals surface area contributed by atoms with Gasteiger partial charge in [-0.2, -0.15) is 4.98 Å². The van der Waals surface area contributed by atoms with Crippen LogP contribution < -0.4 is 5.73 Å². The summed E-state index contributed by atoms with van der Waals surface area (Å²) in [5.74, 6) is 2.21. The Kier molecular flexibility index (Phi) is 5.07. The molecule has 0 amide bonds. The molecule has 0 aliphatic heterocycles. The second-order valence-electron chi connectivity index (χ2n) is 8.19. The Morgan fingerprint density at radius 1 is 1.24 bits per heavy atom. The van der Waals surface area contributed by atoms with E-state index >= 15 is 0 Å². The molecule has 0 saturated heterocycles. The van der Waals surface area contributed by atoms with E-state index in [0.717, 1.165) is 37.5 Å². The molecule has 4 heteroatoms. The molecule has 1 aromatic heterocycles. The van der Waals surface area contributed by atoms with Gasteiger partial charge in [0.1, 0.15) is 0 Å². The molecule has 0 unspecified atom stereocenters. The largest absolute Gasteiger partial charge is 0.339 e. The minimum Gasteiger partial charge on any atom is -0.339 e. The SMILES string of the molecule is CC(C)(CCN)CCc1nc(C2CCC(C)(C)CC2)no1. The fourth-order valence-corrected chi connectivity index (χ4v) is 3.15. The van der Waals surface area contributed by atoms with Crippen LogP contribution in [0.25, 0.3) is 0 Å². The Hall–Kier alpha value is -0.900. The van der Waals surface area contributed by atoms with Gasteiger partial charge in [0.15, 0.2) is 5.82 Å². The van der Waals surface area contributed by atoms with Crippen LogP contribution >= 0.6 is 0 Å². The van der Waals surface area contributed by atoms with Crippen LogP contribution in [0.15, 0.2) is 4.52 Å². The number of aryl methyl sites for hydroxylation is 1. The molecule has 0 radical (unpaired) electrons. The predicted molar refractivity (Wildman–Crippen MR) is 85.1 cm³/mol. The van der Waals surface area contributed by atoms with E-state index in [4.69, 9.17) is 10.3 Å². The molecular formula is C17H31N3O. The van der Waals surface area contributed by atoms with Crippen LogP contribution in [0, 0.1) is 10.8 Å². The minimum atomic E-state index is 0.248. The molecule has 120 valence electrons. The normalized spacial score (nSPS) is 19.9. The third-order valence-electron chi connectivity index (χ3n) is 5.02. The smallest absolute Gasteiger partial charge is 0.226 e. The molecule has 1 aliphatic rings. The first-order valence-electron chi connectivity index (χ1n) is 8.34. The lowest BCUT2D eigenvalue weighted by Crippen LogP contribution is -2.20. The summed E-state index contributed by atoms with van der Waals surface area (Å²) >= 11 is 0. The third-order valence-corrected chi connectivity index (χ3v) is 5.02. The number of nitrogens with two attached hydrogens (primary N) is 1. The van der Waals surface area contributed by atoms with Gasteiger partial charge in [-0.05, 0) is 55.9 Å². The third kappa shape index (κ3) is 4.80. The zero-order chi connectivity index (χ0) is 15.5. The first-order chi connectivity index (χ1) is 9.81. The Bertz CT molecular complexity index is 441. The van der Waals surface area contributed by atoms with Crippen LogP contribution in [0.1, 0.15) is 83.9 Å². The number of hydrogen-bond donors (Lipinski definition) is 1. The number of nitrogens with zero attached hydrogens (tertiary/aromatic N) is 2. The van der Waals surface area contributed by atoms with E-state index in [-0.39, 0.29) is 5.41 Å². The zero-order valence-corrected chi connectivity index (χ0v) is 14.1. The lowest BCUT2D eigenvalue weighted by molar-refractivity contribution is 0.218. The second-order valence-corrected chi connectivity index (χ2v) is 8.19. The standard InChI is InChI=1S/C17H31N3O/c1-16(2)8-5-13(6-9-16)15-19-14(21-20-15)7-10-17(3,4)11-12-18/h13H,5-12,18H2,1-4H3. The minimum absolute atomic E-state index is 0.248. The maximum Gasteiger partial charge on any atom is 0.226 e. The molecule has 0 spiro atoms. The van der Waals surface area contributed by atoms with E-state index in [1.54, 1.807) is 0 Å². The van der Waals surface area contributed by atoms with Gasteiger partial charge in [-0.15, -0.1) is 0 Å². The number of hydrogen-bond acceptors (Lipinski definition) is 4. The summed E-state index contributed by atoms with van der Waals surface area (Å²) in [6, 6.07) is 0. The predicted octanol–water partition coefficient (Wildman–Crippen LogP) is 4.06. The van der Waals surface area contributed by atoms with Crippen LogP contribution in [0.2, 0.25) is 0 Å². The van der Waals surface area contributed by atoms with Gasteiger partial charge in [0.2, 0.25) is 5.89 Å². The molecule has 21 heavy (non-hydrogen) atoms. The fraction of sp³-hybridized carbons (Fsp3) is 0.882. The molecule has 1 heterocycles. The summed E-state index contributed by atoms with van der Waals surface area (Å²) < 4.78 is 5.45. The van der Waals surface area contributed by atoms with Gasteiger partial charge in [0.05, 0.1) is 0 Å². The summed E-state index contributed by atoms with van der Waals surface area (Å²) in [6.45, 7) is 9.94. The first-order valence-corrected chi connectivity index (χ1v) is 8.34. The molecule has 2 rings (SSSR count). The molecule has 1 fully saturated rings. The van der Waals surface area contributed by atoms with E-state index < -0.39 is 0 Å². The van der Waals surface area contributed by atoms with Gasteiger partial charge < -0.3 is 10.3 Å². The van der Waals surface area contributed by atoms with Crippen molar-refractivity contribution >= 4 is 0 Å². The van der Waals surface area contributed by atoms with Gasteiger partial charge >= 0.3 is 0 Å². The van der Waals surface area contributed by atoms with Crippen LogP contribution in [0.4, 0.5) is 0 Å². The van der Waals surface area contributed by atoms with Crippen LogP contribution in [-0.4, -0.2) is 16.7 Å². The Balaban J connectivity index is 1.87. The lowest BCUT2D eigenvalue weighted by atomic mass is 9.73. The molecule has 1 saturated carbocycles. The van der Waals surface area contributed by atoms with Gasteiger partial charge in [-0.25, -0.2) is 0 Å². The van der Waals surface area contributed by atoms with Crippen molar-refractivity contribution in [1.29, 1.82) is 0 Å². The van der Waals surface area contributed by atoms with Crippen molar-refractivity contribution in [2.45, 2.75) is 78.6 Å². The fourth-order valence-electron chi connectivity index (χ4n) is 3.15. The van der Waals surface area contributed by atoms with E-state index in [1.165, 1.54) is 25.7 Å². The Morgan fingerprint density at radius 3 is 2.52 bits per heavy atom. The van der Waals surface area contributed by atoms with E-state index in [0.29, 0.717) is 11.3 Å². The van der Waals surface area contributed by atoms with Crippen LogP contribution in [0.3, 0.4) is 0 Å². The van der Waals surface area contributed by atoms with Crippen molar-refractivity contribution in [3.63, 3.8) is 0 Å². The lowest BCUT2D eigenvalue weighted by Gasteiger charge is -2.32. The molecule has 4 nitrogen and oxygen atoms in total. The van der Waals surface area contributed by atoms with E-state index in [1.807, 2.05) is 0 Å². The highest BCUT2D eigenvalue weighted by atomic mass is 16.5. The molecule has 1 aromatic rings. The van der Waals surface area contributed by atoms with Crippen molar-refractivity contribution < 1.29 is 4.52 Å². The van der Waals surface area contributed by atoms with E-state index in [2.05, 4.69) is 37.8 Å². The summed E-state index contributed by atoms with van der Waals surface area (Å²) in [5, 5.41) is 4.22. The number of aromatic nitrogens is 2. The Morgan fingerprint density at radius 2 is 1.90 bits per heavy atom.